The Kier molecular flexibility index (Phi) is 4.88. The summed E-state index contributed by atoms with van der Waals surface area (Å²) in [4.78, 5) is 25.3. The van der Waals surface area contributed by atoms with E-state index in [1.165, 1.54) is 9.58 Å². The van der Waals surface area contributed by atoms with Crippen LogP contribution in [0.2, 0.25) is 5.02 Å². The van der Waals surface area contributed by atoms with Gasteiger partial charge in [-0.3, -0.25) is 9.78 Å². The molecule has 3 aromatic rings. The molecular weight excluding hydrogens is 430 g/mol. The number of carbonyl (C=O) groups is 1. The fraction of sp³-hybridized carbons (Fsp3) is 0.294. The van der Waals surface area contributed by atoms with E-state index in [9.17, 15) is 22.4 Å². The predicted octanol–water partition coefficient (Wildman–Crippen LogP) is 2.85. The van der Waals surface area contributed by atoms with Gasteiger partial charge in [-0.05, 0) is 13.0 Å². The van der Waals surface area contributed by atoms with Gasteiger partial charge in [-0.15, -0.1) is 5.10 Å². The molecule has 0 N–H and O–H groups in total. The second kappa shape index (κ2) is 7.27. The highest BCUT2D eigenvalue weighted by atomic mass is 35.5. The van der Waals surface area contributed by atoms with E-state index in [1.54, 1.807) is 6.92 Å². The Hall–Kier alpha value is -3.15. The molecule has 4 rings (SSSR count). The molecule has 0 bridgehead atoms. The first-order valence-electron chi connectivity index (χ1n) is 8.61. The maximum Gasteiger partial charge on any atom is 0.434 e. The number of rotatable bonds is 2. The van der Waals surface area contributed by atoms with Crippen LogP contribution in [0.5, 0.6) is 0 Å². The maximum atomic E-state index is 13.1. The van der Waals surface area contributed by atoms with Crippen molar-refractivity contribution in [1.29, 1.82) is 0 Å². The number of aromatic nitrogens is 6. The molecule has 1 atom stereocenters. The molecule has 0 fully saturated rings. The lowest BCUT2D eigenvalue weighted by atomic mass is 10.0. The normalized spacial score (nSPS) is 16.5. The summed E-state index contributed by atoms with van der Waals surface area (Å²) in [6.07, 6.45) is -1.63. The molecule has 1 unspecified atom stereocenters. The Morgan fingerprint density at radius 1 is 1.23 bits per heavy atom. The van der Waals surface area contributed by atoms with Crippen LogP contribution in [-0.4, -0.2) is 46.8 Å². The summed E-state index contributed by atoms with van der Waals surface area (Å²) >= 11 is 5.84. The summed E-state index contributed by atoms with van der Waals surface area (Å²) in [5.41, 5.74) is -0.575. The molecule has 4 heterocycles. The predicted molar refractivity (Wildman–Crippen MR) is 94.2 cm³/mol. The van der Waals surface area contributed by atoms with Crippen molar-refractivity contribution >= 4 is 17.5 Å². The lowest BCUT2D eigenvalue weighted by Gasteiger charge is -2.33. The van der Waals surface area contributed by atoms with Crippen molar-refractivity contribution in [2.24, 2.45) is 0 Å². The zero-order valence-electron chi connectivity index (χ0n) is 15.2. The fourth-order valence-corrected chi connectivity index (χ4v) is 3.48. The van der Waals surface area contributed by atoms with E-state index in [-0.39, 0.29) is 24.5 Å². The van der Waals surface area contributed by atoms with Crippen molar-refractivity contribution in [2.45, 2.75) is 32.1 Å². The van der Waals surface area contributed by atoms with Crippen molar-refractivity contribution in [2.75, 3.05) is 0 Å². The Balaban J connectivity index is 1.65. The zero-order valence-corrected chi connectivity index (χ0v) is 16.0. The Labute approximate surface area is 171 Å². The van der Waals surface area contributed by atoms with Crippen molar-refractivity contribution in [3.8, 4) is 5.95 Å². The van der Waals surface area contributed by atoms with Crippen LogP contribution < -0.4 is 0 Å². The van der Waals surface area contributed by atoms with E-state index >= 15 is 0 Å². The summed E-state index contributed by atoms with van der Waals surface area (Å²) in [5, 5.41) is 7.22. The highest BCUT2D eigenvalue weighted by Gasteiger charge is 2.38. The molecule has 0 saturated heterocycles. The first-order valence-corrected chi connectivity index (χ1v) is 8.98. The number of fused-ring (bicyclic) bond motifs is 1. The van der Waals surface area contributed by atoms with Crippen molar-refractivity contribution in [3.05, 3.63) is 58.1 Å². The van der Waals surface area contributed by atoms with E-state index in [1.807, 2.05) is 0 Å². The van der Waals surface area contributed by atoms with Crippen molar-refractivity contribution in [1.82, 2.24) is 34.8 Å². The van der Waals surface area contributed by atoms with E-state index in [4.69, 9.17) is 11.6 Å². The van der Waals surface area contributed by atoms with Crippen LogP contribution in [-0.2, 0) is 19.1 Å². The highest BCUT2D eigenvalue weighted by Crippen LogP contribution is 2.35. The van der Waals surface area contributed by atoms with Gasteiger partial charge >= 0.3 is 6.18 Å². The third-order valence-electron chi connectivity index (χ3n) is 4.63. The second-order valence-electron chi connectivity index (χ2n) is 6.60. The molecular formula is C17H12ClF4N7O. The molecule has 0 saturated carbocycles. The Bertz CT molecular complexity index is 1120. The minimum atomic E-state index is -4.79. The van der Waals surface area contributed by atoms with Crippen molar-refractivity contribution < 1.29 is 22.4 Å². The molecule has 13 heteroatoms. The molecule has 0 aromatic carbocycles. The summed E-state index contributed by atoms with van der Waals surface area (Å²) < 4.78 is 53.6. The molecule has 8 nitrogen and oxygen atoms in total. The lowest BCUT2D eigenvalue weighted by Crippen LogP contribution is -2.43. The number of amides is 1. The number of carbonyl (C=O) groups excluding carboxylic acids is 1. The summed E-state index contributed by atoms with van der Waals surface area (Å²) in [5.74, 6) is -1.17. The van der Waals surface area contributed by atoms with E-state index < -0.39 is 34.7 Å². The average molecular weight is 442 g/mol. The van der Waals surface area contributed by atoms with Gasteiger partial charge in [0.15, 0.2) is 11.5 Å². The number of alkyl halides is 3. The van der Waals surface area contributed by atoms with Gasteiger partial charge in [0.2, 0.25) is 0 Å². The summed E-state index contributed by atoms with van der Waals surface area (Å²) in [7, 11) is 0. The van der Waals surface area contributed by atoms with Gasteiger partial charge in [0.1, 0.15) is 5.69 Å². The first-order chi connectivity index (χ1) is 14.2. The van der Waals surface area contributed by atoms with Crippen LogP contribution in [0.3, 0.4) is 0 Å². The first kappa shape index (κ1) is 20.1. The van der Waals surface area contributed by atoms with Gasteiger partial charge in [0.25, 0.3) is 11.9 Å². The molecule has 1 aliphatic heterocycles. The standard InChI is InChI=1S/C17H12ClF4N7O/c1-8-4-12-11(26-27-29(12)16-24-5-9(19)6-25-16)7-28(8)15(30)10-2-3-23-14(13(10)18)17(20,21)22/h2-3,5-6,8H,4,7H2,1H3. The Morgan fingerprint density at radius 3 is 2.60 bits per heavy atom. The maximum absolute atomic E-state index is 13.1. The number of pyridine rings is 1. The number of hydrogen-bond acceptors (Lipinski definition) is 6. The fourth-order valence-electron chi connectivity index (χ4n) is 3.18. The van der Waals surface area contributed by atoms with Crippen LogP contribution in [0.25, 0.3) is 5.95 Å². The van der Waals surface area contributed by atoms with Crippen LogP contribution in [0.1, 0.15) is 34.4 Å². The molecule has 156 valence electrons. The molecule has 0 spiro atoms. The molecule has 0 aliphatic carbocycles. The van der Waals surface area contributed by atoms with E-state index in [0.717, 1.165) is 24.7 Å². The zero-order chi connectivity index (χ0) is 21.6. The van der Waals surface area contributed by atoms with Gasteiger partial charge < -0.3 is 4.90 Å². The smallest absolute Gasteiger partial charge is 0.329 e. The van der Waals surface area contributed by atoms with Crippen LogP contribution >= 0.6 is 11.6 Å². The number of nitrogens with zero attached hydrogens (tertiary/aromatic N) is 7. The second-order valence-corrected chi connectivity index (χ2v) is 6.98. The van der Waals surface area contributed by atoms with E-state index in [0.29, 0.717) is 11.4 Å². The quantitative estimate of drug-likeness (QED) is 0.568. The largest absolute Gasteiger partial charge is 0.434 e. The van der Waals surface area contributed by atoms with Gasteiger partial charge in [-0.2, -0.15) is 17.9 Å². The minimum absolute atomic E-state index is 0.00344. The molecule has 3 aromatic heterocycles. The Morgan fingerprint density at radius 2 is 1.93 bits per heavy atom. The van der Waals surface area contributed by atoms with Crippen LogP contribution in [0.4, 0.5) is 17.6 Å². The topological polar surface area (TPSA) is 89.7 Å². The number of halogens is 5. The monoisotopic (exact) mass is 441 g/mol. The summed E-state index contributed by atoms with van der Waals surface area (Å²) in [6.45, 7) is 1.72. The SMILES string of the molecule is CC1Cc2c(nnn2-c2ncc(F)cn2)CN1C(=O)c1ccnc(C(F)(F)F)c1Cl. The lowest BCUT2D eigenvalue weighted by molar-refractivity contribution is -0.141. The van der Waals surface area contributed by atoms with Gasteiger partial charge in [-0.25, -0.2) is 14.4 Å². The third kappa shape index (κ3) is 3.47. The molecule has 0 radical (unpaired) electrons. The van der Waals surface area contributed by atoms with Crippen molar-refractivity contribution in [3.63, 3.8) is 0 Å². The molecule has 30 heavy (non-hydrogen) atoms. The average Bonchev–Trinajstić information content (AvgIpc) is 3.09. The third-order valence-corrected chi connectivity index (χ3v) is 5.01. The number of hydrogen-bond donors (Lipinski definition) is 0. The van der Waals surface area contributed by atoms with E-state index in [2.05, 4.69) is 25.3 Å². The van der Waals surface area contributed by atoms with Crippen LogP contribution in [0, 0.1) is 5.82 Å². The van der Waals surface area contributed by atoms with Gasteiger partial charge in [0.05, 0.1) is 35.2 Å². The van der Waals surface area contributed by atoms with Gasteiger partial charge in [0, 0.05) is 18.7 Å². The summed E-state index contributed by atoms with van der Waals surface area (Å²) in [6, 6.07) is 0.729. The minimum Gasteiger partial charge on any atom is -0.329 e. The van der Waals surface area contributed by atoms with Crippen LogP contribution in [0.15, 0.2) is 24.7 Å². The molecule has 1 aliphatic rings. The molecule has 1 amide bonds. The highest BCUT2D eigenvalue weighted by molar-refractivity contribution is 6.34. The van der Waals surface area contributed by atoms with Gasteiger partial charge in [-0.1, -0.05) is 16.8 Å².